The number of hydrogen-bond acceptors (Lipinski definition) is 7. The van der Waals surface area contributed by atoms with Crippen LogP contribution < -0.4 is 10.6 Å². The number of rotatable bonds is 8. The minimum atomic E-state index is -0.181. The van der Waals surface area contributed by atoms with E-state index in [2.05, 4.69) is 36.6 Å². The van der Waals surface area contributed by atoms with E-state index >= 15 is 0 Å². The molecule has 212 valence electrons. The number of nitriles is 1. The lowest BCUT2D eigenvalue weighted by molar-refractivity contribution is -0.111. The summed E-state index contributed by atoms with van der Waals surface area (Å²) in [6, 6.07) is 17.0. The molecule has 2 fully saturated rings. The van der Waals surface area contributed by atoms with Crippen LogP contribution in [0.1, 0.15) is 35.2 Å². The molecule has 0 aliphatic carbocycles. The summed E-state index contributed by atoms with van der Waals surface area (Å²) in [5.74, 6) is 0.172. The molecule has 0 saturated carbocycles. The van der Waals surface area contributed by atoms with Crippen LogP contribution >= 0.6 is 0 Å². The summed E-state index contributed by atoms with van der Waals surface area (Å²) >= 11 is 0. The van der Waals surface area contributed by atoms with Crippen molar-refractivity contribution in [3.63, 3.8) is 0 Å². The second-order valence-corrected chi connectivity index (χ2v) is 10.7. The molecular formula is C32H32N8O2. The number of nitrogens with zero attached hydrogens (tertiary/aromatic N) is 5. The first kappa shape index (κ1) is 27.2. The molecule has 2 aliphatic rings. The molecule has 10 heteroatoms. The molecule has 2 amide bonds. The number of aromatic amines is 1. The average Bonchev–Trinajstić information content (AvgIpc) is 3.79. The predicted molar refractivity (Wildman–Crippen MR) is 162 cm³/mol. The first-order valence-corrected chi connectivity index (χ1v) is 14.3. The second-order valence-electron chi connectivity index (χ2n) is 10.7. The lowest BCUT2D eigenvalue weighted by atomic mass is 10.1. The summed E-state index contributed by atoms with van der Waals surface area (Å²) in [4.78, 5) is 41.9. The Morgan fingerprint density at radius 2 is 1.90 bits per heavy atom. The molecule has 2 aromatic carbocycles. The number of anilines is 2. The van der Waals surface area contributed by atoms with Gasteiger partial charge in [-0.2, -0.15) is 5.26 Å². The highest BCUT2D eigenvalue weighted by Crippen LogP contribution is 2.30. The number of para-hydroxylation sites is 1. The third-order valence-electron chi connectivity index (χ3n) is 7.79. The summed E-state index contributed by atoms with van der Waals surface area (Å²) in [6.07, 6.45) is 10.0. The Hall–Kier alpha value is -5.01. The number of benzene rings is 2. The molecule has 1 atom stereocenters. The maximum Gasteiger partial charge on any atom is 0.253 e. The number of nitrogens with one attached hydrogen (secondary N) is 3. The zero-order valence-electron chi connectivity index (χ0n) is 23.2. The molecule has 0 radical (unpaired) electrons. The van der Waals surface area contributed by atoms with Gasteiger partial charge in [0, 0.05) is 65.7 Å². The number of H-pyrrole nitrogens is 1. The molecule has 0 unspecified atom stereocenters. The van der Waals surface area contributed by atoms with Crippen LogP contribution in [0.5, 0.6) is 0 Å². The zero-order valence-corrected chi connectivity index (χ0v) is 23.2. The van der Waals surface area contributed by atoms with Gasteiger partial charge in [0.15, 0.2) is 0 Å². The van der Waals surface area contributed by atoms with E-state index < -0.39 is 0 Å². The largest absolute Gasteiger partial charge is 0.360 e. The van der Waals surface area contributed by atoms with Crippen molar-refractivity contribution in [2.24, 2.45) is 0 Å². The Morgan fingerprint density at radius 3 is 2.71 bits per heavy atom. The SMILES string of the molecule is N#Cc1cnc(N[C@@H]2CCN(C(=O)c3ccc(NC(=O)C=CCN4CCCC4)cc3)C2)nc1-c1c[nH]c2ccccc12. The van der Waals surface area contributed by atoms with Crippen molar-refractivity contribution in [1.82, 2.24) is 24.8 Å². The first-order chi connectivity index (χ1) is 20.6. The van der Waals surface area contributed by atoms with Crippen LogP contribution in [-0.2, 0) is 4.79 Å². The number of carbonyl (C=O) groups is 2. The van der Waals surface area contributed by atoms with Crippen molar-refractivity contribution in [1.29, 1.82) is 5.26 Å². The van der Waals surface area contributed by atoms with Gasteiger partial charge in [-0.05, 0) is 62.7 Å². The Labute approximate surface area is 244 Å². The highest BCUT2D eigenvalue weighted by atomic mass is 16.2. The van der Waals surface area contributed by atoms with Crippen molar-refractivity contribution in [2.75, 3.05) is 43.4 Å². The maximum atomic E-state index is 13.2. The van der Waals surface area contributed by atoms with E-state index in [9.17, 15) is 14.9 Å². The molecule has 42 heavy (non-hydrogen) atoms. The van der Waals surface area contributed by atoms with Crippen molar-refractivity contribution in [3.8, 4) is 17.3 Å². The fourth-order valence-electron chi connectivity index (χ4n) is 5.59. The van der Waals surface area contributed by atoms with Gasteiger partial charge in [-0.1, -0.05) is 24.3 Å². The number of fused-ring (bicyclic) bond motifs is 1. The van der Waals surface area contributed by atoms with Crippen LogP contribution in [-0.4, -0.2) is 75.3 Å². The van der Waals surface area contributed by atoms with E-state index in [1.165, 1.54) is 19.0 Å². The number of amides is 2. The van der Waals surface area contributed by atoms with E-state index in [-0.39, 0.29) is 17.9 Å². The summed E-state index contributed by atoms with van der Waals surface area (Å²) in [6.45, 7) is 4.07. The standard InChI is InChI=1S/C32H32N8O2/c33-18-23-19-35-32(38-30(23)27-20-34-28-7-2-1-6-26(27)28)37-25-13-17-40(21-25)31(42)22-9-11-24(12-10-22)36-29(41)8-5-16-39-14-3-4-15-39/h1-2,5-12,19-20,25,34H,3-4,13-17,21H2,(H,36,41)(H,35,37,38)/t25-/m1/s1. The molecule has 2 saturated heterocycles. The van der Waals surface area contributed by atoms with E-state index in [0.29, 0.717) is 41.5 Å². The number of hydrogen-bond donors (Lipinski definition) is 3. The van der Waals surface area contributed by atoms with Crippen molar-refractivity contribution < 1.29 is 9.59 Å². The predicted octanol–water partition coefficient (Wildman–Crippen LogP) is 4.41. The second kappa shape index (κ2) is 12.2. The van der Waals surface area contributed by atoms with Crippen molar-refractivity contribution in [3.05, 3.63) is 84.2 Å². The van der Waals surface area contributed by atoms with Gasteiger partial charge < -0.3 is 20.5 Å². The Kier molecular flexibility index (Phi) is 7.92. The van der Waals surface area contributed by atoms with Crippen LogP contribution in [0, 0.1) is 11.3 Å². The third kappa shape index (κ3) is 6.01. The highest BCUT2D eigenvalue weighted by molar-refractivity contribution is 6.00. The van der Waals surface area contributed by atoms with Crippen LogP contribution in [0.4, 0.5) is 11.6 Å². The van der Waals surface area contributed by atoms with E-state index in [1.807, 2.05) is 36.5 Å². The molecule has 0 bridgehead atoms. The lowest BCUT2D eigenvalue weighted by Crippen LogP contribution is -2.31. The molecule has 0 spiro atoms. The van der Waals surface area contributed by atoms with Crippen LogP contribution in [0.3, 0.4) is 0 Å². The summed E-state index contributed by atoms with van der Waals surface area (Å²) in [7, 11) is 0. The normalized spacial score (nSPS) is 17.1. The van der Waals surface area contributed by atoms with Gasteiger partial charge in [0.2, 0.25) is 11.9 Å². The Bertz CT molecular complexity index is 1660. The summed E-state index contributed by atoms with van der Waals surface area (Å²) < 4.78 is 0. The van der Waals surface area contributed by atoms with Gasteiger partial charge in [0.05, 0.1) is 17.5 Å². The molecule has 4 aromatic rings. The van der Waals surface area contributed by atoms with Gasteiger partial charge in [0.25, 0.3) is 5.91 Å². The zero-order chi connectivity index (χ0) is 28.9. The van der Waals surface area contributed by atoms with Gasteiger partial charge in [0.1, 0.15) is 6.07 Å². The topological polar surface area (TPSA) is 130 Å². The number of carbonyl (C=O) groups excluding carboxylic acids is 2. The molecule has 2 aliphatic heterocycles. The lowest BCUT2D eigenvalue weighted by Gasteiger charge is -2.18. The fourth-order valence-corrected chi connectivity index (χ4v) is 5.59. The molecular weight excluding hydrogens is 528 g/mol. The number of aromatic nitrogens is 3. The Balaban J connectivity index is 1.05. The molecule has 6 rings (SSSR count). The van der Waals surface area contributed by atoms with E-state index in [0.717, 1.165) is 42.5 Å². The summed E-state index contributed by atoms with van der Waals surface area (Å²) in [5, 5.41) is 16.9. The fraction of sp³-hybridized carbons (Fsp3) is 0.281. The van der Waals surface area contributed by atoms with E-state index in [4.69, 9.17) is 0 Å². The van der Waals surface area contributed by atoms with Gasteiger partial charge >= 0.3 is 0 Å². The Morgan fingerprint density at radius 1 is 1.10 bits per heavy atom. The van der Waals surface area contributed by atoms with Gasteiger partial charge in [-0.15, -0.1) is 0 Å². The van der Waals surface area contributed by atoms with Gasteiger partial charge in [-0.3, -0.25) is 14.5 Å². The van der Waals surface area contributed by atoms with Crippen LogP contribution in [0.25, 0.3) is 22.2 Å². The molecule has 10 nitrogen and oxygen atoms in total. The van der Waals surface area contributed by atoms with Crippen molar-refractivity contribution in [2.45, 2.75) is 25.3 Å². The monoisotopic (exact) mass is 560 g/mol. The van der Waals surface area contributed by atoms with Crippen LogP contribution in [0.15, 0.2) is 73.1 Å². The summed E-state index contributed by atoms with van der Waals surface area (Å²) in [5.41, 5.74) is 3.98. The molecule has 3 N–H and O–H groups in total. The quantitative estimate of drug-likeness (QED) is 0.272. The van der Waals surface area contributed by atoms with E-state index in [1.54, 1.807) is 35.2 Å². The smallest absolute Gasteiger partial charge is 0.253 e. The highest BCUT2D eigenvalue weighted by Gasteiger charge is 2.28. The average molecular weight is 561 g/mol. The molecule has 2 aromatic heterocycles. The van der Waals surface area contributed by atoms with Gasteiger partial charge in [-0.25, -0.2) is 9.97 Å². The third-order valence-corrected chi connectivity index (χ3v) is 7.79. The maximum absolute atomic E-state index is 13.2. The minimum absolute atomic E-state index is 0.0244. The molecule has 4 heterocycles. The van der Waals surface area contributed by atoms with Crippen molar-refractivity contribution >= 4 is 34.4 Å². The first-order valence-electron chi connectivity index (χ1n) is 14.3. The van der Waals surface area contributed by atoms with Crippen LogP contribution in [0.2, 0.25) is 0 Å². The number of likely N-dealkylation sites (tertiary alicyclic amines) is 2. The minimum Gasteiger partial charge on any atom is -0.360 e.